The number of aromatic hydroxyl groups is 2. The number of halogens is 5. The van der Waals surface area contributed by atoms with Crippen LogP contribution in [0, 0.1) is 11.3 Å². The molecule has 0 radical (unpaired) electrons. The SMILES string of the molecule is CC(CCCCCCCC(C)(CCCC(F)(F)C(F)(F)F)C(=O)O)C1c2ccc(O)cc2SCC1(C)c1ccc(O)cc1. The quantitative estimate of drug-likeness (QED) is 0.135. The highest BCUT2D eigenvalue weighted by Crippen LogP contribution is 2.54. The highest BCUT2D eigenvalue weighted by molar-refractivity contribution is 7.99. The molecule has 4 atom stereocenters. The van der Waals surface area contributed by atoms with Crippen molar-refractivity contribution >= 4 is 17.7 Å². The number of hydrogen-bond donors (Lipinski definition) is 3. The molecule has 10 heteroatoms. The van der Waals surface area contributed by atoms with E-state index in [-0.39, 0.29) is 35.7 Å². The lowest BCUT2D eigenvalue weighted by Gasteiger charge is -2.46. The Balaban J connectivity index is 1.53. The standard InChI is InChI=1S/C33H43F5O4S/c1-22(10-7-5-4-6-8-17-30(2,29(41)42)18-9-19-32(34,35)33(36,37)38)28-26-16-15-25(40)20-27(26)43-21-31(28,3)23-11-13-24(39)14-12-23/h11-16,20,22,28,39-40H,4-10,17-19,21H2,1-3H3,(H,41,42). The summed E-state index contributed by atoms with van der Waals surface area (Å²) in [5, 5.41) is 29.6. The number of hydrogen-bond acceptors (Lipinski definition) is 4. The fourth-order valence-electron chi connectivity index (χ4n) is 6.46. The molecular formula is C33H43F5O4S. The Bertz CT molecular complexity index is 1220. The number of thioether (sulfide) groups is 1. The van der Waals surface area contributed by atoms with Crippen molar-refractivity contribution in [3.05, 3.63) is 53.6 Å². The van der Waals surface area contributed by atoms with Crippen molar-refractivity contribution in [3.8, 4) is 11.5 Å². The minimum atomic E-state index is -5.63. The monoisotopic (exact) mass is 630 g/mol. The average molecular weight is 631 g/mol. The number of fused-ring (bicyclic) bond motifs is 1. The van der Waals surface area contributed by atoms with Crippen LogP contribution in [0.1, 0.15) is 102 Å². The van der Waals surface area contributed by atoms with Crippen molar-refractivity contribution in [3.63, 3.8) is 0 Å². The van der Waals surface area contributed by atoms with Crippen molar-refractivity contribution in [2.24, 2.45) is 11.3 Å². The molecule has 43 heavy (non-hydrogen) atoms. The lowest BCUT2D eigenvalue weighted by atomic mass is 9.64. The van der Waals surface area contributed by atoms with Gasteiger partial charge in [-0.25, -0.2) is 0 Å². The molecule has 0 fully saturated rings. The van der Waals surface area contributed by atoms with Gasteiger partial charge in [-0.1, -0.05) is 70.6 Å². The lowest BCUT2D eigenvalue weighted by Crippen LogP contribution is -2.39. The van der Waals surface area contributed by atoms with Crippen molar-refractivity contribution in [2.45, 2.75) is 113 Å². The van der Waals surface area contributed by atoms with Crippen LogP contribution in [0.2, 0.25) is 0 Å². The third-order valence-electron chi connectivity index (χ3n) is 9.18. The number of carboxylic acid groups (broad SMARTS) is 1. The number of phenols is 2. The van der Waals surface area contributed by atoms with E-state index in [1.165, 1.54) is 12.5 Å². The molecule has 3 N–H and O–H groups in total. The Kier molecular flexibility index (Phi) is 11.5. The molecule has 240 valence electrons. The van der Waals surface area contributed by atoms with E-state index in [9.17, 15) is 42.1 Å². The molecule has 2 aromatic carbocycles. The van der Waals surface area contributed by atoms with Crippen LogP contribution >= 0.6 is 11.8 Å². The molecule has 3 rings (SSSR count). The van der Waals surface area contributed by atoms with E-state index >= 15 is 0 Å². The largest absolute Gasteiger partial charge is 0.508 e. The van der Waals surface area contributed by atoms with E-state index in [1.54, 1.807) is 30.0 Å². The topological polar surface area (TPSA) is 77.8 Å². The highest BCUT2D eigenvalue weighted by atomic mass is 32.2. The van der Waals surface area contributed by atoms with Crippen molar-refractivity contribution in [1.82, 2.24) is 0 Å². The smallest absolute Gasteiger partial charge is 0.453 e. The van der Waals surface area contributed by atoms with Crippen LogP contribution in [0.25, 0.3) is 0 Å². The van der Waals surface area contributed by atoms with Gasteiger partial charge in [-0.05, 0) is 73.4 Å². The van der Waals surface area contributed by atoms with Crippen molar-refractivity contribution in [1.29, 1.82) is 0 Å². The van der Waals surface area contributed by atoms with Crippen LogP contribution in [-0.2, 0) is 10.2 Å². The summed E-state index contributed by atoms with van der Waals surface area (Å²) in [6.07, 6.45) is -2.51. The minimum Gasteiger partial charge on any atom is -0.508 e. The summed E-state index contributed by atoms with van der Waals surface area (Å²) in [4.78, 5) is 12.9. The van der Waals surface area contributed by atoms with Gasteiger partial charge in [0.1, 0.15) is 11.5 Å². The minimum absolute atomic E-state index is 0.187. The molecule has 1 aliphatic rings. The first-order valence-corrected chi connectivity index (χ1v) is 15.9. The molecule has 0 aromatic heterocycles. The Hall–Kier alpha value is -2.49. The third-order valence-corrected chi connectivity index (χ3v) is 10.6. The van der Waals surface area contributed by atoms with E-state index in [1.807, 2.05) is 24.3 Å². The maximum Gasteiger partial charge on any atom is 0.453 e. The van der Waals surface area contributed by atoms with Gasteiger partial charge in [0.2, 0.25) is 0 Å². The van der Waals surface area contributed by atoms with Gasteiger partial charge in [0.05, 0.1) is 5.41 Å². The molecule has 0 spiro atoms. The van der Waals surface area contributed by atoms with Gasteiger partial charge in [-0.15, -0.1) is 11.8 Å². The first-order valence-electron chi connectivity index (χ1n) is 14.9. The van der Waals surface area contributed by atoms with Crippen LogP contribution in [0.4, 0.5) is 22.0 Å². The molecule has 1 aliphatic heterocycles. The van der Waals surface area contributed by atoms with Crippen LogP contribution in [-0.4, -0.2) is 39.1 Å². The Morgan fingerprint density at radius 3 is 2.12 bits per heavy atom. The van der Waals surface area contributed by atoms with E-state index in [2.05, 4.69) is 13.8 Å². The van der Waals surface area contributed by atoms with Gasteiger partial charge in [-0.2, -0.15) is 22.0 Å². The molecule has 4 nitrogen and oxygen atoms in total. The van der Waals surface area contributed by atoms with Crippen LogP contribution in [0.3, 0.4) is 0 Å². The molecule has 0 saturated carbocycles. The first-order chi connectivity index (χ1) is 20.0. The van der Waals surface area contributed by atoms with Crippen LogP contribution < -0.4 is 0 Å². The van der Waals surface area contributed by atoms with E-state index < -0.39 is 36.3 Å². The molecule has 0 saturated heterocycles. The zero-order chi connectivity index (χ0) is 32.1. The molecule has 0 bridgehead atoms. The maximum atomic E-state index is 13.2. The zero-order valence-electron chi connectivity index (χ0n) is 25.0. The van der Waals surface area contributed by atoms with Gasteiger partial charge in [0.15, 0.2) is 0 Å². The number of unbranched alkanes of at least 4 members (excludes halogenated alkanes) is 4. The summed E-state index contributed by atoms with van der Waals surface area (Å²) in [6.45, 7) is 5.93. The molecule has 1 heterocycles. The predicted octanol–water partition coefficient (Wildman–Crippen LogP) is 10.1. The number of carbonyl (C=O) groups is 1. The summed E-state index contributed by atoms with van der Waals surface area (Å²) < 4.78 is 63.8. The van der Waals surface area contributed by atoms with E-state index in [0.717, 1.165) is 48.3 Å². The molecule has 0 aliphatic carbocycles. The van der Waals surface area contributed by atoms with Gasteiger partial charge < -0.3 is 15.3 Å². The number of aliphatic carboxylic acids is 1. The first kappa shape index (κ1) is 35.0. The van der Waals surface area contributed by atoms with Gasteiger partial charge in [-0.3, -0.25) is 4.79 Å². The fourth-order valence-corrected chi connectivity index (χ4v) is 7.83. The average Bonchev–Trinajstić information content (AvgIpc) is 2.92. The Morgan fingerprint density at radius 2 is 1.49 bits per heavy atom. The van der Waals surface area contributed by atoms with Crippen LogP contribution in [0.5, 0.6) is 11.5 Å². The summed E-state index contributed by atoms with van der Waals surface area (Å²) in [5.41, 5.74) is 0.832. The van der Waals surface area contributed by atoms with Crippen LogP contribution in [0.15, 0.2) is 47.4 Å². The number of alkyl halides is 5. The normalized spacial score (nSPS) is 21.2. The Labute approximate surface area is 255 Å². The maximum absolute atomic E-state index is 13.2. The predicted molar refractivity (Wildman–Crippen MR) is 159 cm³/mol. The summed E-state index contributed by atoms with van der Waals surface area (Å²) in [6, 6.07) is 13.0. The van der Waals surface area contributed by atoms with Gasteiger partial charge in [0, 0.05) is 22.5 Å². The van der Waals surface area contributed by atoms with E-state index in [0.29, 0.717) is 12.3 Å². The van der Waals surface area contributed by atoms with Crippen molar-refractivity contribution in [2.75, 3.05) is 5.75 Å². The van der Waals surface area contributed by atoms with Gasteiger partial charge in [0.25, 0.3) is 0 Å². The number of carboxylic acids is 1. The number of rotatable bonds is 15. The summed E-state index contributed by atoms with van der Waals surface area (Å²) in [5.74, 6) is -4.19. The second-order valence-electron chi connectivity index (χ2n) is 12.7. The number of benzene rings is 2. The second-order valence-corrected chi connectivity index (χ2v) is 13.7. The molecule has 0 amide bonds. The van der Waals surface area contributed by atoms with Gasteiger partial charge >= 0.3 is 18.1 Å². The second kappa shape index (κ2) is 14.1. The zero-order valence-corrected chi connectivity index (χ0v) is 25.8. The highest BCUT2D eigenvalue weighted by Gasteiger charge is 2.56. The van der Waals surface area contributed by atoms with Crippen molar-refractivity contribution < 1.29 is 42.1 Å². The summed E-state index contributed by atoms with van der Waals surface area (Å²) in [7, 11) is 0. The molecule has 4 unspecified atom stereocenters. The van der Waals surface area contributed by atoms with E-state index in [4.69, 9.17) is 0 Å². The summed E-state index contributed by atoms with van der Waals surface area (Å²) >= 11 is 1.73. The fraction of sp³-hybridized carbons (Fsp3) is 0.606. The lowest BCUT2D eigenvalue weighted by molar-refractivity contribution is -0.284. The molecule has 2 aromatic rings. The molecular weight excluding hydrogens is 587 g/mol. The Morgan fingerprint density at radius 1 is 0.907 bits per heavy atom. The number of phenolic OH excluding ortho intramolecular Hbond substituents is 2. The third kappa shape index (κ3) is 8.58.